The van der Waals surface area contributed by atoms with Gasteiger partial charge in [0.15, 0.2) is 0 Å². The van der Waals surface area contributed by atoms with Crippen molar-refractivity contribution >= 4 is 21.9 Å². The highest BCUT2D eigenvalue weighted by atomic mass is 79.9. The molecule has 6 heteroatoms. The number of piperazine rings is 1. The van der Waals surface area contributed by atoms with Crippen LogP contribution >= 0.6 is 15.9 Å². The average molecular weight is 359 g/mol. The van der Waals surface area contributed by atoms with Gasteiger partial charge >= 0.3 is 5.97 Å². The first-order valence-electron chi connectivity index (χ1n) is 6.94. The number of benzene rings is 1. The largest absolute Gasteiger partial charge is 0.481 e. The molecule has 0 bridgehead atoms. The lowest BCUT2D eigenvalue weighted by molar-refractivity contribution is -0.140. The van der Waals surface area contributed by atoms with E-state index < -0.39 is 11.5 Å². The fourth-order valence-electron chi connectivity index (χ4n) is 2.82. The Hall–Kier alpha value is -0.980. The highest BCUT2D eigenvalue weighted by Crippen LogP contribution is 2.34. The number of likely N-dealkylation sites (N-methyl/N-ethyl adjacent to an activating group) is 1. The van der Waals surface area contributed by atoms with Crippen LogP contribution in [0.4, 0.5) is 4.39 Å². The molecular weight excluding hydrogens is 339 g/mol. The van der Waals surface area contributed by atoms with Crippen molar-refractivity contribution in [1.29, 1.82) is 0 Å². The van der Waals surface area contributed by atoms with Crippen molar-refractivity contribution in [1.82, 2.24) is 9.80 Å². The molecule has 1 fully saturated rings. The van der Waals surface area contributed by atoms with E-state index in [1.54, 1.807) is 12.1 Å². The zero-order chi connectivity index (χ0) is 15.6. The Labute approximate surface area is 132 Å². The molecule has 4 nitrogen and oxygen atoms in total. The van der Waals surface area contributed by atoms with Crippen LogP contribution in [0.25, 0.3) is 0 Å². The number of halogens is 2. The van der Waals surface area contributed by atoms with Crippen LogP contribution in [-0.2, 0) is 10.3 Å². The van der Waals surface area contributed by atoms with E-state index in [9.17, 15) is 14.3 Å². The van der Waals surface area contributed by atoms with Crippen molar-refractivity contribution in [3.8, 4) is 0 Å². The number of carboxylic acid groups (broad SMARTS) is 1. The lowest BCUT2D eigenvalue weighted by atomic mass is 9.86. The summed E-state index contributed by atoms with van der Waals surface area (Å²) in [7, 11) is 2.06. The average Bonchev–Trinajstić information content (AvgIpc) is 2.41. The van der Waals surface area contributed by atoms with Gasteiger partial charge in [0, 0.05) is 26.2 Å². The van der Waals surface area contributed by atoms with E-state index in [2.05, 4.69) is 32.8 Å². The predicted octanol–water partition coefficient (Wildman–Crippen LogP) is 2.53. The van der Waals surface area contributed by atoms with Crippen LogP contribution in [0.2, 0.25) is 0 Å². The van der Waals surface area contributed by atoms with Crippen molar-refractivity contribution in [2.75, 3.05) is 33.2 Å². The van der Waals surface area contributed by atoms with Gasteiger partial charge in [0.25, 0.3) is 0 Å². The van der Waals surface area contributed by atoms with Crippen LogP contribution in [-0.4, -0.2) is 54.1 Å². The Kier molecular flexibility index (Phi) is 5.01. The molecule has 1 atom stereocenters. The smallest absolute Gasteiger partial charge is 0.305 e. The van der Waals surface area contributed by atoms with Gasteiger partial charge in [-0.2, -0.15) is 0 Å². The van der Waals surface area contributed by atoms with Gasteiger partial charge in [0.2, 0.25) is 0 Å². The molecule has 1 saturated heterocycles. The van der Waals surface area contributed by atoms with Gasteiger partial charge in [-0.15, -0.1) is 0 Å². The van der Waals surface area contributed by atoms with Crippen molar-refractivity contribution < 1.29 is 14.3 Å². The number of hydrogen-bond acceptors (Lipinski definition) is 3. The molecule has 116 valence electrons. The zero-order valence-corrected chi connectivity index (χ0v) is 13.9. The van der Waals surface area contributed by atoms with Crippen LogP contribution < -0.4 is 0 Å². The van der Waals surface area contributed by atoms with E-state index in [-0.39, 0.29) is 12.2 Å². The molecule has 0 radical (unpaired) electrons. The molecule has 0 saturated carbocycles. The molecule has 0 aromatic heterocycles. The van der Waals surface area contributed by atoms with Crippen molar-refractivity contribution in [3.05, 3.63) is 34.1 Å². The monoisotopic (exact) mass is 358 g/mol. The minimum Gasteiger partial charge on any atom is -0.481 e. The minimum atomic E-state index is -0.850. The summed E-state index contributed by atoms with van der Waals surface area (Å²) in [6, 6.07) is 4.76. The SMILES string of the molecule is CN1CCN(C(C)(CC(=O)O)c2ccc(F)c(Br)c2)CC1. The van der Waals surface area contributed by atoms with Crippen LogP contribution in [0, 0.1) is 5.82 Å². The van der Waals surface area contributed by atoms with Gasteiger partial charge in [-0.1, -0.05) is 6.07 Å². The minimum absolute atomic E-state index is 0.00517. The number of nitrogens with zero attached hydrogens (tertiary/aromatic N) is 2. The highest BCUT2D eigenvalue weighted by molar-refractivity contribution is 9.10. The standard InChI is InChI=1S/C15H20BrFN2O2/c1-15(10-14(20)21,19-7-5-18(2)6-8-19)11-3-4-13(17)12(16)9-11/h3-4,9H,5-8,10H2,1-2H3,(H,20,21). The number of rotatable bonds is 4. The van der Waals surface area contributed by atoms with E-state index >= 15 is 0 Å². The van der Waals surface area contributed by atoms with Crippen LogP contribution in [0.3, 0.4) is 0 Å². The molecular formula is C15H20BrFN2O2. The summed E-state index contributed by atoms with van der Waals surface area (Å²) in [5, 5.41) is 9.29. The maximum Gasteiger partial charge on any atom is 0.305 e. The van der Waals surface area contributed by atoms with E-state index in [1.807, 2.05) is 6.92 Å². The Bertz CT molecular complexity index is 532. The van der Waals surface area contributed by atoms with Crippen LogP contribution in [0.1, 0.15) is 18.9 Å². The summed E-state index contributed by atoms with van der Waals surface area (Å²) < 4.78 is 13.8. The van der Waals surface area contributed by atoms with Gasteiger partial charge in [0.05, 0.1) is 16.4 Å². The third-order valence-corrected chi connectivity index (χ3v) is 4.85. The molecule has 1 unspecified atom stereocenters. The lowest BCUT2D eigenvalue weighted by Crippen LogP contribution is -2.54. The molecule has 1 aliphatic heterocycles. The first-order chi connectivity index (χ1) is 9.83. The Morgan fingerprint density at radius 2 is 2.00 bits per heavy atom. The predicted molar refractivity (Wildman–Crippen MR) is 82.8 cm³/mol. The highest BCUT2D eigenvalue weighted by Gasteiger charge is 2.37. The van der Waals surface area contributed by atoms with Crippen molar-refractivity contribution in [2.24, 2.45) is 0 Å². The third-order valence-electron chi connectivity index (χ3n) is 4.24. The molecule has 0 spiro atoms. The molecule has 1 aliphatic rings. The summed E-state index contributed by atoms with van der Waals surface area (Å²) in [5.74, 6) is -1.19. The van der Waals surface area contributed by atoms with Gasteiger partial charge < -0.3 is 10.0 Å². The van der Waals surface area contributed by atoms with Crippen molar-refractivity contribution in [2.45, 2.75) is 18.9 Å². The summed E-state index contributed by atoms with van der Waals surface area (Å²) in [5.41, 5.74) is 0.186. The van der Waals surface area contributed by atoms with Gasteiger partial charge in [-0.25, -0.2) is 4.39 Å². The fourth-order valence-corrected chi connectivity index (χ4v) is 3.20. The summed E-state index contributed by atoms with van der Waals surface area (Å²) in [6.45, 7) is 5.33. The summed E-state index contributed by atoms with van der Waals surface area (Å²) >= 11 is 3.19. The second-order valence-electron chi connectivity index (χ2n) is 5.76. The zero-order valence-electron chi connectivity index (χ0n) is 12.3. The first kappa shape index (κ1) is 16.4. The Morgan fingerprint density at radius 1 is 1.38 bits per heavy atom. The number of hydrogen-bond donors (Lipinski definition) is 1. The quantitative estimate of drug-likeness (QED) is 0.897. The summed E-state index contributed by atoms with van der Waals surface area (Å²) in [4.78, 5) is 15.7. The molecule has 1 aromatic rings. The molecule has 2 rings (SSSR count). The van der Waals surface area contributed by atoms with Gasteiger partial charge in [-0.05, 0) is 47.6 Å². The number of carboxylic acids is 1. The molecule has 0 aliphatic carbocycles. The second kappa shape index (κ2) is 6.42. The maximum atomic E-state index is 13.5. The van der Waals surface area contributed by atoms with E-state index in [4.69, 9.17) is 0 Å². The van der Waals surface area contributed by atoms with Gasteiger partial charge in [-0.3, -0.25) is 9.69 Å². The summed E-state index contributed by atoms with van der Waals surface area (Å²) in [6.07, 6.45) is -0.00517. The van der Waals surface area contributed by atoms with E-state index in [0.717, 1.165) is 31.7 Å². The number of aliphatic carboxylic acids is 1. The molecule has 1 heterocycles. The molecule has 21 heavy (non-hydrogen) atoms. The molecule has 1 N–H and O–H groups in total. The molecule has 0 amide bonds. The van der Waals surface area contributed by atoms with Gasteiger partial charge in [0.1, 0.15) is 5.82 Å². The van der Waals surface area contributed by atoms with Crippen LogP contribution in [0.15, 0.2) is 22.7 Å². The normalized spacial score (nSPS) is 20.2. The molecule has 1 aromatic carbocycles. The first-order valence-corrected chi connectivity index (χ1v) is 7.73. The number of carbonyl (C=O) groups is 1. The maximum absolute atomic E-state index is 13.5. The Balaban J connectivity index is 2.35. The van der Waals surface area contributed by atoms with E-state index in [0.29, 0.717) is 4.47 Å². The van der Waals surface area contributed by atoms with Crippen molar-refractivity contribution in [3.63, 3.8) is 0 Å². The topological polar surface area (TPSA) is 43.8 Å². The van der Waals surface area contributed by atoms with E-state index in [1.165, 1.54) is 6.07 Å². The lowest BCUT2D eigenvalue weighted by Gasteiger charge is -2.45. The third kappa shape index (κ3) is 3.62. The van der Waals surface area contributed by atoms with Crippen LogP contribution in [0.5, 0.6) is 0 Å². The fraction of sp³-hybridized carbons (Fsp3) is 0.533. The Morgan fingerprint density at radius 3 is 2.52 bits per heavy atom. The second-order valence-corrected chi connectivity index (χ2v) is 6.62.